The third-order valence-corrected chi connectivity index (χ3v) is 7.57. The average molecular weight is 520 g/mol. The van der Waals surface area contributed by atoms with E-state index in [9.17, 15) is 19.2 Å². The lowest BCUT2D eigenvalue weighted by molar-refractivity contribution is -0.133. The van der Waals surface area contributed by atoms with Crippen molar-refractivity contribution in [2.45, 2.75) is 38.5 Å². The van der Waals surface area contributed by atoms with Crippen LogP contribution in [0.3, 0.4) is 0 Å². The number of ether oxygens (including phenoxy) is 2. The zero-order valence-corrected chi connectivity index (χ0v) is 21.7. The van der Waals surface area contributed by atoms with Crippen LogP contribution in [0.1, 0.15) is 51.1 Å². The van der Waals surface area contributed by atoms with Crippen molar-refractivity contribution in [2.75, 3.05) is 46.4 Å². The van der Waals surface area contributed by atoms with Crippen molar-refractivity contribution in [3.63, 3.8) is 0 Å². The second-order valence-electron chi connectivity index (χ2n) is 10.1. The van der Waals surface area contributed by atoms with Gasteiger partial charge in [0.15, 0.2) is 5.78 Å². The number of hydrogen-bond donors (Lipinski definition) is 0. The van der Waals surface area contributed by atoms with Crippen molar-refractivity contribution in [2.24, 2.45) is 0 Å². The molecule has 1 saturated heterocycles. The number of rotatable bonds is 8. The monoisotopic (exact) mass is 519 g/mol. The third-order valence-electron chi connectivity index (χ3n) is 7.57. The van der Waals surface area contributed by atoms with E-state index in [2.05, 4.69) is 4.90 Å². The Hall–Kier alpha value is -3.56. The van der Waals surface area contributed by atoms with Crippen LogP contribution in [0.15, 0.2) is 42.5 Å². The predicted molar refractivity (Wildman–Crippen MR) is 139 cm³/mol. The van der Waals surface area contributed by atoms with Gasteiger partial charge in [-0.2, -0.15) is 0 Å². The summed E-state index contributed by atoms with van der Waals surface area (Å²) in [6.07, 6.45) is 0.597. The third kappa shape index (κ3) is 5.63. The Balaban J connectivity index is 1.17. The second-order valence-corrected chi connectivity index (χ2v) is 10.1. The molecule has 1 saturated carbocycles. The van der Waals surface area contributed by atoms with Gasteiger partial charge in [0.1, 0.15) is 18.1 Å². The molecule has 5 rings (SSSR count). The van der Waals surface area contributed by atoms with Crippen LogP contribution in [-0.2, 0) is 27.5 Å². The topological polar surface area (TPSA) is 96.5 Å². The number of amides is 2. The van der Waals surface area contributed by atoms with Crippen molar-refractivity contribution in [1.82, 2.24) is 14.7 Å². The lowest BCUT2D eigenvalue weighted by atomic mass is 9.92. The van der Waals surface area contributed by atoms with Gasteiger partial charge in [-0.05, 0) is 36.2 Å². The summed E-state index contributed by atoms with van der Waals surface area (Å²) in [7, 11) is 1.82. The summed E-state index contributed by atoms with van der Waals surface area (Å²) in [5.74, 6) is 0.127. The molecule has 9 nitrogen and oxygen atoms in total. The van der Waals surface area contributed by atoms with E-state index in [4.69, 9.17) is 9.47 Å². The first-order valence-corrected chi connectivity index (χ1v) is 13.2. The molecule has 2 aromatic rings. The fourth-order valence-corrected chi connectivity index (χ4v) is 5.24. The summed E-state index contributed by atoms with van der Waals surface area (Å²) in [6.45, 7) is 5.32. The number of morpholine rings is 1. The minimum atomic E-state index is -0.558. The Kier molecular flexibility index (Phi) is 7.85. The highest BCUT2D eigenvalue weighted by Gasteiger charge is 2.40. The summed E-state index contributed by atoms with van der Waals surface area (Å²) < 4.78 is 11.5. The van der Waals surface area contributed by atoms with E-state index < -0.39 is 6.04 Å². The SMILES string of the molecule is CN(CCN1CCOCC1)C(=O)c1ccc(COc2cccc3c2CN(C2CCC(=O)CC2=O)C3=O)cc1. The van der Waals surface area contributed by atoms with Gasteiger partial charge in [0.25, 0.3) is 11.8 Å². The minimum absolute atomic E-state index is 0.0239. The molecule has 0 bridgehead atoms. The van der Waals surface area contributed by atoms with E-state index in [1.54, 1.807) is 21.9 Å². The van der Waals surface area contributed by atoms with Crippen molar-refractivity contribution in [1.29, 1.82) is 0 Å². The number of carbonyl (C=O) groups is 4. The van der Waals surface area contributed by atoms with E-state index in [0.29, 0.717) is 42.8 Å². The lowest BCUT2D eigenvalue weighted by Gasteiger charge is -2.29. The normalized spacial score (nSPS) is 20.0. The maximum absolute atomic E-state index is 13.0. The van der Waals surface area contributed by atoms with Gasteiger partial charge in [0.05, 0.1) is 32.2 Å². The van der Waals surface area contributed by atoms with Crippen LogP contribution in [0.2, 0.25) is 0 Å². The van der Waals surface area contributed by atoms with E-state index in [-0.39, 0.29) is 36.4 Å². The second kappa shape index (κ2) is 11.4. The molecule has 1 unspecified atom stereocenters. The fourth-order valence-electron chi connectivity index (χ4n) is 5.24. The van der Waals surface area contributed by atoms with Gasteiger partial charge < -0.3 is 19.3 Å². The molecule has 1 aliphatic carbocycles. The van der Waals surface area contributed by atoms with Crippen molar-refractivity contribution < 1.29 is 28.7 Å². The summed E-state index contributed by atoms with van der Waals surface area (Å²) in [5, 5.41) is 0. The van der Waals surface area contributed by atoms with Gasteiger partial charge in [-0.15, -0.1) is 0 Å². The van der Waals surface area contributed by atoms with Gasteiger partial charge in [-0.3, -0.25) is 24.1 Å². The summed E-state index contributed by atoms with van der Waals surface area (Å²) in [5.41, 5.74) is 2.82. The molecular formula is C29H33N3O6. The number of hydrogen-bond acceptors (Lipinski definition) is 7. The molecular weight excluding hydrogens is 486 g/mol. The number of Topliss-reactive ketones (excluding diaryl/α,β-unsaturated/α-hetero) is 2. The summed E-state index contributed by atoms with van der Waals surface area (Å²) >= 11 is 0. The van der Waals surface area contributed by atoms with E-state index >= 15 is 0 Å². The molecule has 2 heterocycles. The van der Waals surface area contributed by atoms with Crippen LogP contribution >= 0.6 is 0 Å². The van der Waals surface area contributed by atoms with Crippen LogP contribution < -0.4 is 4.74 Å². The van der Waals surface area contributed by atoms with Crippen LogP contribution in [0.5, 0.6) is 5.75 Å². The predicted octanol–water partition coefficient (Wildman–Crippen LogP) is 2.32. The lowest BCUT2D eigenvalue weighted by Crippen LogP contribution is -2.44. The number of likely N-dealkylation sites (N-methyl/N-ethyl adjacent to an activating group) is 1. The largest absolute Gasteiger partial charge is 0.489 e. The number of ketones is 2. The Morgan fingerprint density at radius 1 is 1.08 bits per heavy atom. The quantitative estimate of drug-likeness (QED) is 0.494. The highest BCUT2D eigenvalue weighted by molar-refractivity contribution is 6.07. The maximum Gasteiger partial charge on any atom is 0.255 e. The van der Waals surface area contributed by atoms with E-state index in [0.717, 1.165) is 44.0 Å². The first kappa shape index (κ1) is 26.1. The van der Waals surface area contributed by atoms with Gasteiger partial charge in [0, 0.05) is 56.3 Å². The molecule has 3 aliphatic rings. The first-order valence-electron chi connectivity index (χ1n) is 13.2. The van der Waals surface area contributed by atoms with Crippen LogP contribution in [0.4, 0.5) is 0 Å². The zero-order valence-electron chi connectivity index (χ0n) is 21.7. The van der Waals surface area contributed by atoms with Crippen LogP contribution in [0.25, 0.3) is 0 Å². The van der Waals surface area contributed by atoms with Crippen molar-refractivity contribution >= 4 is 23.4 Å². The Bertz CT molecular complexity index is 1220. The standard InChI is InChI=1S/C29H33N3O6/c1-30(11-12-31-13-15-37-16-14-31)28(35)21-7-5-20(6-8-21)19-38-27-4-2-3-23-24(27)18-32(29(23)36)25-10-9-22(33)17-26(25)34/h2-8,25H,9-19H2,1H3. The molecule has 200 valence electrons. The number of benzene rings is 2. The minimum Gasteiger partial charge on any atom is -0.489 e. The van der Waals surface area contributed by atoms with Crippen molar-refractivity contribution in [3.8, 4) is 5.75 Å². The first-order chi connectivity index (χ1) is 18.4. The molecule has 0 N–H and O–H groups in total. The molecule has 2 aromatic carbocycles. The number of nitrogens with zero attached hydrogens (tertiary/aromatic N) is 3. The molecule has 9 heteroatoms. The van der Waals surface area contributed by atoms with Crippen molar-refractivity contribution in [3.05, 3.63) is 64.7 Å². The molecule has 2 fully saturated rings. The maximum atomic E-state index is 13.0. The highest BCUT2D eigenvalue weighted by atomic mass is 16.5. The Labute approximate surface area is 222 Å². The smallest absolute Gasteiger partial charge is 0.255 e. The van der Waals surface area contributed by atoms with Gasteiger partial charge >= 0.3 is 0 Å². The van der Waals surface area contributed by atoms with Crippen LogP contribution in [-0.4, -0.2) is 90.6 Å². The van der Waals surface area contributed by atoms with E-state index in [1.807, 2.05) is 37.4 Å². The van der Waals surface area contributed by atoms with Gasteiger partial charge in [-0.25, -0.2) is 0 Å². The van der Waals surface area contributed by atoms with Crippen LogP contribution in [0, 0.1) is 0 Å². The molecule has 0 aromatic heterocycles. The zero-order chi connectivity index (χ0) is 26.6. The van der Waals surface area contributed by atoms with Gasteiger partial charge in [-0.1, -0.05) is 18.2 Å². The van der Waals surface area contributed by atoms with E-state index in [1.165, 1.54) is 0 Å². The highest BCUT2D eigenvalue weighted by Crippen LogP contribution is 2.34. The number of carbonyl (C=O) groups excluding carboxylic acids is 4. The Morgan fingerprint density at radius 3 is 2.58 bits per heavy atom. The molecule has 38 heavy (non-hydrogen) atoms. The van der Waals surface area contributed by atoms with Gasteiger partial charge in [0.2, 0.25) is 0 Å². The molecule has 0 spiro atoms. The molecule has 1 atom stereocenters. The molecule has 0 radical (unpaired) electrons. The Morgan fingerprint density at radius 2 is 1.84 bits per heavy atom. The average Bonchev–Trinajstić information content (AvgIpc) is 3.27. The molecule has 2 aliphatic heterocycles. The molecule has 2 amide bonds. The fraction of sp³-hybridized carbons (Fsp3) is 0.448. The number of fused-ring (bicyclic) bond motifs is 1. The summed E-state index contributed by atoms with van der Waals surface area (Å²) in [4.78, 5) is 55.5. The summed E-state index contributed by atoms with van der Waals surface area (Å²) in [6, 6.07) is 12.2.